The Kier molecular flexibility index (Phi) is 7.09. The van der Waals surface area contributed by atoms with E-state index in [1.54, 1.807) is 6.07 Å². The molecule has 11 heteroatoms. The summed E-state index contributed by atoms with van der Waals surface area (Å²) in [5, 5.41) is 11.9. The molecule has 4 rings (SSSR count). The van der Waals surface area contributed by atoms with Gasteiger partial charge in [-0.15, -0.1) is 0 Å². The molecule has 0 spiro atoms. The van der Waals surface area contributed by atoms with Gasteiger partial charge in [-0.3, -0.25) is 4.79 Å². The van der Waals surface area contributed by atoms with Gasteiger partial charge in [0.15, 0.2) is 11.5 Å². The van der Waals surface area contributed by atoms with E-state index in [0.717, 1.165) is 30.3 Å². The molecular weight excluding hydrogens is 510 g/mol. The van der Waals surface area contributed by atoms with Gasteiger partial charge in [0.2, 0.25) is 0 Å². The van der Waals surface area contributed by atoms with Gasteiger partial charge in [-0.2, -0.15) is 0 Å². The van der Waals surface area contributed by atoms with Crippen LogP contribution in [0.2, 0.25) is 10.0 Å². The summed E-state index contributed by atoms with van der Waals surface area (Å²) >= 11 is 12.4. The normalized spacial score (nSPS) is 13.3. The number of hydrogen-bond acceptors (Lipinski definition) is 4. The first-order valence-electron chi connectivity index (χ1n) is 10.2. The van der Waals surface area contributed by atoms with Gasteiger partial charge in [0.25, 0.3) is 5.91 Å². The topological polar surface area (TPSA) is 84.9 Å². The molecule has 1 unspecified atom stereocenters. The van der Waals surface area contributed by atoms with Crippen LogP contribution in [-0.2, 0) is 11.2 Å². The molecule has 0 bridgehead atoms. The number of rotatable bonds is 6. The fourth-order valence-electron chi connectivity index (χ4n) is 3.71. The molecular formula is C24H16Cl2F3NO5. The summed E-state index contributed by atoms with van der Waals surface area (Å²) in [6.45, 7) is 0.324. The third kappa shape index (κ3) is 5.01. The minimum absolute atomic E-state index is 0.0294. The second-order valence-corrected chi connectivity index (χ2v) is 8.35. The number of aliphatic carboxylic acids is 1. The van der Waals surface area contributed by atoms with Crippen molar-refractivity contribution in [3.63, 3.8) is 0 Å². The predicted molar refractivity (Wildman–Crippen MR) is 122 cm³/mol. The van der Waals surface area contributed by atoms with Gasteiger partial charge in [-0.25, -0.2) is 18.0 Å². The lowest BCUT2D eigenvalue weighted by molar-refractivity contribution is -0.139. The molecule has 3 aromatic carbocycles. The van der Waals surface area contributed by atoms with Crippen LogP contribution in [0.4, 0.5) is 13.2 Å². The zero-order valence-corrected chi connectivity index (χ0v) is 19.2. The Morgan fingerprint density at radius 3 is 2.17 bits per heavy atom. The maximum absolute atomic E-state index is 14.0. The predicted octanol–water partition coefficient (Wildman–Crippen LogP) is 5.27. The zero-order chi connectivity index (χ0) is 25.3. The molecule has 35 heavy (non-hydrogen) atoms. The molecule has 0 saturated heterocycles. The Labute approximate surface area is 207 Å². The molecule has 1 atom stereocenters. The van der Waals surface area contributed by atoms with Crippen LogP contribution in [-0.4, -0.2) is 36.2 Å². The number of nitrogens with one attached hydrogen (secondary N) is 1. The maximum Gasteiger partial charge on any atom is 0.326 e. The van der Waals surface area contributed by atoms with Gasteiger partial charge in [0.05, 0.1) is 10.0 Å². The van der Waals surface area contributed by atoms with Gasteiger partial charge in [-0.05, 0) is 30.3 Å². The van der Waals surface area contributed by atoms with Crippen LogP contribution in [0.3, 0.4) is 0 Å². The fraction of sp³-hybridized carbons (Fsp3) is 0.167. The number of carboxylic acid groups (broad SMARTS) is 1. The Balaban J connectivity index is 1.69. The van der Waals surface area contributed by atoms with Crippen molar-refractivity contribution in [3.8, 4) is 22.6 Å². The molecule has 0 saturated carbocycles. The van der Waals surface area contributed by atoms with E-state index in [1.165, 1.54) is 6.07 Å². The van der Waals surface area contributed by atoms with Crippen LogP contribution in [0.5, 0.6) is 11.5 Å². The van der Waals surface area contributed by atoms with Gasteiger partial charge < -0.3 is 19.9 Å². The zero-order valence-electron chi connectivity index (χ0n) is 17.7. The van der Waals surface area contributed by atoms with E-state index in [2.05, 4.69) is 5.32 Å². The highest BCUT2D eigenvalue weighted by Crippen LogP contribution is 2.47. The van der Waals surface area contributed by atoms with E-state index in [4.69, 9.17) is 32.7 Å². The minimum atomic E-state index is -1.56. The van der Waals surface area contributed by atoms with Crippen molar-refractivity contribution >= 4 is 35.1 Å². The second kappa shape index (κ2) is 10.1. The fourth-order valence-corrected chi connectivity index (χ4v) is 4.38. The Morgan fingerprint density at radius 1 is 0.971 bits per heavy atom. The number of ether oxygens (including phenoxy) is 2. The number of halogens is 5. The molecule has 0 aromatic heterocycles. The summed E-state index contributed by atoms with van der Waals surface area (Å²) < 4.78 is 53.1. The average molecular weight is 526 g/mol. The third-order valence-corrected chi connectivity index (χ3v) is 5.86. The van der Waals surface area contributed by atoms with Gasteiger partial charge in [0.1, 0.15) is 42.3 Å². The summed E-state index contributed by atoms with van der Waals surface area (Å²) in [4.78, 5) is 24.3. The monoisotopic (exact) mass is 525 g/mol. The number of fused-ring (bicyclic) bond motifs is 1. The van der Waals surface area contributed by atoms with Crippen molar-refractivity contribution in [1.82, 2.24) is 5.32 Å². The Morgan fingerprint density at radius 2 is 1.57 bits per heavy atom. The molecule has 1 aliphatic heterocycles. The molecule has 182 valence electrons. The number of carbonyl (C=O) groups excluding carboxylic acids is 1. The molecule has 0 radical (unpaired) electrons. The first-order chi connectivity index (χ1) is 16.7. The van der Waals surface area contributed by atoms with E-state index in [1.807, 2.05) is 0 Å². The van der Waals surface area contributed by atoms with Gasteiger partial charge in [0, 0.05) is 23.1 Å². The lowest BCUT2D eigenvalue weighted by Gasteiger charge is -2.25. The van der Waals surface area contributed by atoms with E-state index in [-0.39, 0.29) is 41.2 Å². The van der Waals surface area contributed by atoms with Crippen molar-refractivity contribution in [2.45, 2.75) is 12.5 Å². The average Bonchev–Trinajstić information content (AvgIpc) is 2.79. The second-order valence-electron chi connectivity index (χ2n) is 7.54. The number of carbonyl (C=O) groups is 2. The van der Waals surface area contributed by atoms with Gasteiger partial charge >= 0.3 is 5.97 Å². The lowest BCUT2D eigenvalue weighted by Crippen LogP contribution is -2.43. The van der Waals surface area contributed by atoms with Crippen molar-refractivity contribution in [3.05, 3.63) is 81.1 Å². The molecule has 0 aliphatic carbocycles. The van der Waals surface area contributed by atoms with E-state index >= 15 is 0 Å². The van der Waals surface area contributed by atoms with Crippen LogP contribution < -0.4 is 14.8 Å². The summed E-state index contributed by atoms with van der Waals surface area (Å²) in [7, 11) is 0. The standard InChI is InChI=1S/C24H16Cl2F3NO5/c25-14-9-12(27)10-15(26)19(14)13-5-4-11(21-22(13)35-7-6-34-21)8-18(24(32)33)30-23(31)20-16(28)2-1-3-17(20)29/h1-5,9-10,18H,6-8H2,(H,30,31)(H,32,33). The molecule has 1 aliphatic rings. The van der Waals surface area contributed by atoms with Crippen molar-refractivity contribution in [1.29, 1.82) is 0 Å². The van der Waals surface area contributed by atoms with Crippen LogP contribution in [0.1, 0.15) is 15.9 Å². The van der Waals surface area contributed by atoms with Gasteiger partial charge in [-0.1, -0.05) is 35.3 Å². The molecule has 6 nitrogen and oxygen atoms in total. The van der Waals surface area contributed by atoms with Crippen LogP contribution in [0.15, 0.2) is 42.5 Å². The molecule has 0 fully saturated rings. The summed E-state index contributed by atoms with van der Waals surface area (Å²) in [5.41, 5.74) is 0.125. The quantitative estimate of drug-likeness (QED) is 0.457. The van der Waals surface area contributed by atoms with Crippen LogP contribution in [0, 0.1) is 17.5 Å². The van der Waals surface area contributed by atoms with Crippen LogP contribution >= 0.6 is 23.2 Å². The largest absolute Gasteiger partial charge is 0.486 e. The molecule has 1 amide bonds. The molecule has 3 aromatic rings. The Bertz CT molecular complexity index is 1290. The van der Waals surface area contributed by atoms with E-state index < -0.39 is 40.9 Å². The third-order valence-electron chi connectivity index (χ3n) is 5.26. The highest BCUT2D eigenvalue weighted by molar-refractivity contribution is 6.39. The van der Waals surface area contributed by atoms with E-state index in [9.17, 15) is 27.9 Å². The van der Waals surface area contributed by atoms with Crippen molar-refractivity contribution in [2.24, 2.45) is 0 Å². The SMILES string of the molecule is O=C(NC(Cc1ccc(-c2c(Cl)cc(F)cc2Cl)c2c1OCCO2)C(=O)O)c1c(F)cccc1F. The summed E-state index contributed by atoms with van der Waals surface area (Å²) in [6, 6.07) is 6.55. The highest BCUT2D eigenvalue weighted by atomic mass is 35.5. The lowest BCUT2D eigenvalue weighted by atomic mass is 9.97. The van der Waals surface area contributed by atoms with Crippen molar-refractivity contribution < 1.29 is 37.3 Å². The van der Waals surface area contributed by atoms with E-state index in [0.29, 0.717) is 16.7 Å². The highest BCUT2D eigenvalue weighted by Gasteiger charge is 2.29. The number of benzene rings is 3. The first-order valence-corrected chi connectivity index (χ1v) is 11.0. The maximum atomic E-state index is 14.0. The number of carboxylic acids is 1. The first kappa shape index (κ1) is 24.7. The molecule has 1 heterocycles. The minimum Gasteiger partial charge on any atom is -0.486 e. The molecule has 2 N–H and O–H groups in total. The summed E-state index contributed by atoms with van der Waals surface area (Å²) in [5.74, 6) is -5.15. The Hall–Kier alpha value is -3.43. The number of hydrogen-bond donors (Lipinski definition) is 2. The number of amides is 1. The summed E-state index contributed by atoms with van der Waals surface area (Å²) in [6.07, 6.45) is -0.298. The van der Waals surface area contributed by atoms with Crippen molar-refractivity contribution in [2.75, 3.05) is 13.2 Å². The smallest absolute Gasteiger partial charge is 0.326 e. The van der Waals surface area contributed by atoms with Crippen LogP contribution in [0.25, 0.3) is 11.1 Å².